The molecule has 0 aliphatic heterocycles. The number of pyridine rings is 1. The first kappa shape index (κ1) is 9.86. The SMILES string of the molecule is O=c1ncccn1Cc1ccc(Cl)nc1. The zero-order valence-electron chi connectivity index (χ0n) is 7.80. The van der Waals surface area contributed by atoms with E-state index in [0.29, 0.717) is 11.7 Å². The topological polar surface area (TPSA) is 47.8 Å². The van der Waals surface area contributed by atoms with Crippen LogP contribution in [0.1, 0.15) is 5.56 Å². The fraction of sp³-hybridized carbons (Fsp3) is 0.100. The highest BCUT2D eigenvalue weighted by Gasteiger charge is 1.98. The summed E-state index contributed by atoms with van der Waals surface area (Å²) < 4.78 is 1.50. The Bertz CT molecular complexity index is 507. The number of hydrogen-bond acceptors (Lipinski definition) is 3. The van der Waals surface area contributed by atoms with E-state index in [2.05, 4.69) is 9.97 Å². The lowest BCUT2D eigenvalue weighted by atomic mass is 10.3. The summed E-state index contributed by atoms with van der Waals surface area (Å²) in [6.45, 7) is 0.455. The number of aromatic nitrogens is 3. The van der Waals surface area contributed by atoms with Gasteiger partial charge in [0.1, 0.15) is 5.15 Å². The van der Waals surface area contributed by atoms with E-state index in [1.54, 1.807) is 24.5 Å². The predicted octanol–water partition coefficient (Wildman–Crippen LogP) is 1.34. The maximum absolute atomic E-state index is 11.3. The van der Waals surface area contributed by atoms with Crippen molar-refractivity contribution in [3.63, 3.8) is 0 Å². The Morgan fingerprint density at radius 2 is 2.20 bits per heavy atom. The Labute approximate surface area is 91.2 Å². The molecule has 2 heterocycles. The molecule has 76 valence electrons. The van der Waals surface area contributed by atoms with Crippen LogP contribution >= 0.6 is 11.6 Å². The smallest absolute Gasteiger partial charge is 0.295 e. The Kier molecular flexibility index (Phi) is 2.78. The van der Waals surface area contributed by atoms with Crippen molar-refractivity contribution in [2.45, 2.75) is 6.54 Å². The van der Waals surface area contributed by atoms with Crippen molar-refractivity contribution in [1.82, 2.24) is 14.5 Å². The first-order valence-electron chi connectivity index (χ1n) is 4.37. The molecule has 2 aromatic heterocycles. The molecule has 0 radical (unpaired) electrons. The maximum atomic E-state index is 11.3. The van der Waals surface area contributed by atoms with Gasteiger partial charge in [-0.3, -0.25) is 4.57 Å². The van der Waals surface area contributed by atoms with E-state index in [-0.39, 0.29) is 5.69 Å². The van der Waals surface area contributed by atoms with E-state index in [9.17, 15) is 4.79 Å². The van der Waals surface area contributed by atoms with Gasteiger partial charge in [-0.1, -0.05) is 17.7 Å². The minimum atomic E-state index is -0.271. The highest BCUT2D eigenvalue weighted by Crippen LogP contribution is 2.05. The summed E-state index contributed by atoms with van der Waals surface area (Å²) in [5.41, 5.74) is 0.641. The van der Waals surface area contributed by atoms with Crippen LogP contribution in [-0.2, 0) is 6.54 Å². The molecule has 4 nitrogen and oxygen atoms in total. The average molecular weight is 222 g/mol. The average Bonchev–Trinajstić information content (AvgIpc) is 2.25. The van der Waals surface area contributed by atoms with Gasteiger partial charge in [0.05, 0.1) is 6.54 Å². The van der Waals surface area contributed by atoms with Gasteiger partial charge in [-0.15, -0.1) is 0 Å². The summed E-state index contributed by atoms with van der Waals surface area (Å²) in [7, 11) is 0. The molecule has 2 aromatic rings. The highest BCUT2D eigenvalue weighted by atomic mass is 35.5. The van der Waals surface area contributed by atoms with Crippen molar-refractivity contribution < 1.29 is 0 Å². The van der Waals surface area contributed by atoms with E-state index in [4.69, 9.17) is 11.6 Å². The first-order valence-corrected chi connectivity index (χ1v) is 4.75. The lowest BCUT2D eigenvalue weighted by molar-refractivity contribution is 0.724. The Balaban J connectivity index is 2.26. The molecule has 0 aliphatic rings. The van der Waals surface area contributed by atoms with E-state index >= 15 is 0 Å². The van der Waals surface area contributed by atoms with E-state index in [0.717, 1.165) is 5.56 Å². The Hall–Kier alpha value is -1.68. The zero-order valence-corrected chi connectivity index (χ0v) is 8.55. The third-order valence-corrected chi connectivity index (χ3v) is 2.15. The third kappa shape index (κ3) is 2.41. The van der Waals surface area contributed by atoms with Crippen LogP contribution in [0.5, 0.6) is 0 Å². The molecule has 2 rings (SSSR count). The van der Waals surface area contributed by atoms with Crippen molar-refractivity contribution in [1.29, 1.82) is 0 Å². The lowest BCUT2D eigenvalue weighted by Gasteiger charge is -2.03. The van der Waals surface area contributed by atoms with Crippen molar-refractivity contribution in [2.75, 3.05) is 0 Å². The third-order valence-electron chi connectivity index (χ3n) is 1.92. The molecule has 0 N–H and O–H groups in total. The largest absolute Gasteiger partial charge is 0.347 e. The number of rotatable bonds is 2. The summed E-state index contributed by atoms with van der Waals surface area (Å²) >= 11 is 5.65. The molecule has 0 saturated carbocycles. The second-order valence-corrected chi connectivity index (χ2v) is 3.41. The van der Waals surface area contributed by atoms with Crippen molar-refractivity contribution >= 4 is 11.6 Å². The van der Waals surface area contributed by atoms with Crippen LogP contribution in [0.2, 0.25) is 5.15 Å². The van der Waals surface area contributed by atoms with Crippen LogP contribution < -0.4 is 5.69 Å². The molecule has 0 aromatic carbocycles. The summed E-state index contributed by atoms with van der Waals surface area (Å²) in [5, 5.41) is 0.442. The molecule has 0 amide bonds. The minimum absolute atomic E-state index is 0.271. The van der Waals surface area contributed by atoms with Crippen molar-refractivity contribution in [2.24, 2.45) is 0 Å². The van der Waals surface area contributed by atoms with Crippen LogP contribution in [0.25, 0.3) is 0 Å². The van der Waals surface area contributed by atoms with Gasteiger partial charge in [-0.25, -0.2) is 14.8 Å². The van der Waals surface area contributed by atoms with Gasteiger partial charge in [0.15, 0.2) is 0 Å². The van der Waals surface area contributed by atoms with Gasteiger partial charge < -0.3 is 0 Å². The highest BCUT2D eigenvalue weighted by molar-refractivity contribution is 6.29. The van der Waals surface area contributed by atoms with Crippen LogP contribution in [-0.4, -0.2) is 14.5 Å². The monoisotopic (exact) mass is 221 g/mol. The molecular formula is C10H8ClN3O. The summed E-state index contributed by atoms with van der Waals surface area (Å²) in [6.07, 6.45) is 4.80. The van der Waals surface area contributed by atoms with Crippen LogP contribution in [0, 0.1) is 0 Å². The summed E-state index contributed by atoms with van der Waals surface area (Å²) in [6, 6.07) is 5.23. The molecule has 15 heavy (non-hydrogen) atoms. The van der Waals surface area contributed by atoms with Gasteiger partial charge in [0, 0.05) is 18.6 Å². The molecule has 5 heteroatoms. The molecule has 0 aliphatic carbocycles. The van der Waals surface area contributed by atoms with E-state index in [1.165, 1.54) is 10.8 Å². The molecule has 0 saturated heterocycles. The van der Waals surface area contributed by atoms with Crippen molar-refractivity contribution in [3.05, 3.63) is 58.0 Å². The number of hydrogen-bond donors (Lipinski definition) is 0. The van der Waals surface area contributed by atoms with Gasteiger partial charge in [0.2, 0.25) is 0 Å². The standard InChI is InChI=1S/C10H8ClN3O/c11-9-3-2-8(6-13-9)7-14-5-1-4-12-10(14)15/h1-6H,7H2. The van der Waals surface area contributed by atoms with Gasteiger partial charge in [0.25, 0.3) is 0 Å². The Morgan fingerprint density at radius 1 is 1.33 bits per heavy atom. The van der Waals surface area contributed by atoms with E-state index in [1.807, 2.05) is 6.07 Å². The fourth-order valence-corrected chi connectivity index (χ4v) is 1.32. The van der Waals surface area contributed by atoms with Gasteiger partial charge in [-0.05, 0) is 17.7 Å². The molecule has 0 atom stereocenters. The van der Waals surface area contributed by atoms with Gasteiger partial charge in [-0.2, -0.15) is 0 Å². The normalized spacial score (nSPS) is 10.2. The molecule has 0 fully saturated rings. The lowest BCUT2D eigenvalue weighted by Crippen LogP contribution is -2.21. The maximum Gasteiger partial charge on any atom is 0.347 e. The molecule has 0 unspecified atom stereocenters. The number of halogens is 1. The molecule has 0 spiro atoms. The van der Waals surface area contributed by atoms with Crippen LogP contribution in [0.3, 0.4) is 0 Å². The van der Waals surface area contributed by atoms with Crippen LogP contribution in [0.4, 0.5) is 0 Å². The zero-order chi connectivity index (χ0) is 10.7. The molecular weight excluding hydrogens is 214 g/mol. The Morgan fingerprint density at radius 3 is 2.87 bits per heavy atom. The minimum Gasteiger partial charge on any atom is -0.295 e. The fourth-order valence-electron chi connectivity index (χ4n) is 1.20. The summed E-state index contributed by atoms with van der Waals surface area (Å²) in [4.78, 5) is 18.9. The number of nitrogens with zero attached hydrogens (tertiary/aromatic N) is 3. The predicted molar refractivity (Wildman–Crippen MR) is 56.8 cm³/mol. The quantitative estimate of drug-likeness (QED) is 0.719. The van der Waals surface area contributed by atoms with Crippen LogP contribution in [0.15, 0.2) is 41.6 Å². The molecule has 0 bridgehead atoms. The van der Waals surface area contributed by atoms with Gasteiger partial charge >= 0.3 is 5.69 Å². The van der Waals surface area contributed by atoms with E-state index < -0.39 is 0 Å². The second-order valence-electron chi connectivity index (χ2n) is 3.02. The first-order chi connectivity index (χ1) is 7.25. The second kappa shape index (κ2) is 4.23. The van der Waals surface area contributed by atoms with Crippen molar-refractivity contribution in [3.8, 4) is 0 Å². The summed E-state index contributed by atoms with van der Waals surface area (Å²) in [5.74, 6) is 0.